The van der Waals surface area contributed by atoms with Gasteiger partial charge in [-0.15, -0.1) is 0 Å². The summed E-state index contributed by atoms with van der Waals surface area (Å²) in [6, 6.07) is 8.44. The second-order valence-corrected chi connectivity index (χ2v) is 8.59. The van der Waals surface area contributed by atoms with Crippen molar-refractivity contribution < 1.29 is 17.2 Å². The second kappa shape index (κ2) is 6.78. The van der Waals surface area contributed by atoms with Gasteiger partial charge in [0.25, 0.3) is 0 Å². The van der Waals surface area contributed by atoms with Crippen LogP contribution in [0, 0.1) is 11.6 Å². The minimum absolute atomic E-state index is 0.0262. The molecule has 0 atom stereocenters. The summed E-state index contributed by atoms with van der Waals surface area (Å²) < 4.78 is 54.2. The molecule has 0 amide bonds. The summed E-state index contributed by atoms with van der Waals surface area (Å²) in [5.41, 5.74) is 0.453. The zero-order valence-electron chi connectivity index (χ0n) is 13.5. The van der Waals surface area contributed by atoms with Gasteiger partial charge in [0.05, 0.1) is 9.92 Å². The fourth-order valence-corrected chi connectivity index (χ4v) is 3.29. The standard InChI is InChI=1S/C17H18ClF2NO2S/c1-17(2,3)11-4-6-12(7-5-11)24(22,23)21-10-13-15(19)9-8-14(18)16(13)20/h4-9,21H,10H2,1-3H3. The Labute approximate surface area is 145 Å². The summed E-state index contributed by atoms with van der Waals surface area (Å²) in [5.74, 6) is -1.83. The first-order valence-electron chi connectivity index (χ1n) is 7.25. The molecule has 0 saturated carbocycles. The van der Waals surface area contributed by atoms with E-state index in [1.165, 1.54) is 12.1 Å². The maximum atomic E-state index is 13.8. The largest absolute Gasteiger partial charge is 0.240 e. The zero-order chi connectivity index (χ0) is 18.1. The van der Waals surface area contributed by atoms with Gasteiger partial charge in [0.15, 0.2) is 0 Å². The maximum absolute atomic E-state index is 13.8. The predicted octanol–water partition coefficient (Wildman–Crippen LogP) is 4.39. The highest BCUT2D eigenvalue weighted by Crippen LogP contribution is 2.24. The first-order valence-corrected chi connectivity index (χ1v) is 9.11. The van der Waals surface area contributed by atoms with Gasteiger partial charge in [-0.1, -0.05) is 44.5 Å². The Kier molecular flexibility index (Phi) is 5.32. The van der Waals surface area contributed by atoms with Gasteiger partial charge in [-0.3, -0.25) is 0 Å². The van der Waals surface area contributed by atoms with Crippen molar-refractivity contribution in [2.24, 2.45) is 0 Å². The number of hydrogen-bond acceptors (Lipinski definition) is 2. The number of nitrogens with one attached hydrogen (secondary N) is 1. The molecule has 7 heteroatoms. The first-order chi connectivity index (χ1) is 11.0. The van der Waals surface area contributed by atoms with Gasteiger partial charge < -0.3 is 0 Å². The molecule has 0 bridgehead atoms. The van der Waals surface area contributed by atoms with E-state index in [0.29, 0.717) is 0 Å². The van der Waals surface area contributed by atoms with Gasteiger partial charge in [0, 0.05) is 12.1 Å². The Morgan fingerprint density at radius 2 is 1.62 bits per heavy atom. The highest BCUT2D eigenvalue weighted by Gasteiger charge is 2.19. The molecule has 0 fully saturated rings. The molecule has 0 heterocycles. The lowest BCUT2D eigenvalue weighted by Gasteiger charge is -2.19. The second-order valence-electron chi connectivity index (χ2n) is 6.42. The van der Waals surface area contributed by atoms with Crippen molar-refractivity contribution in [1.29, 1.82) is 0 Å². The molecule has 0 aliphatic carbocycles. The number of rotatable bonds is 4. The monoisotopic (exact) mass is 373 g/mol. The van der Waals surface area contributed by atoms with Crippen molar-refractivity contribution in [2.75, 3.05) is 0 Å². The molecule has 0 aromatic heterocycles. The lowest BCUT2D eigenvalue weighted by molar-refractivity contribution is 0.544. The van der Waals surface area contributed by atoms with Crippen LogP contribution in [0.1, 0.15) is 31.9 Å². The molecule has 0 aliphatic heterocycles. The fourth-order valence-electron chi connectivity index (χ4n) is 2.12. The first kappa shape index (κ1) is 18.8. The smallest absolute Gasteiger partial charge is 0.207 e. The fraction of sp³-hybridized carbons (Fsp3) is 0.294. The Morgan fingerprint density at radius 3 is 2.17 bits per heavy atom. The van der Waals surface area contributed by atoms with E-state index in [0.717, 1.165) is 17.7 Å². The van der Waals surface area contributed by atoms with Crippen LogP contribution in [0.25, 0.3) is 0 Å². The van der Waals surface area contributed by atoms with Crippen molar-refractivity contribution in [3.8, 4) is 0 Å². The Hall–Kier alpha value is -1.50. The predicted molar refractivity (Wildman–Crippen MR) is 90.5 cm³/mol. The van der Waals surface area contributed by atoms with Gasteiger partial charge in [-0.25, -0.2) is 21.9 Å². The molecule has 0 saturated heterocycles. The third kappa shape index (κ3) is 4.12. The van der Waals surface area contributed by atoms with E-state index in [-0.39, 0.29) is 15.3 Å². The van der Waals surface area contributed by atoms with Crippen molar-refractivity contribution in [2.45, 2.75) is 37.6 Å². The van der Waals surface area contributed by atoms with Gasteiger partial charge in [-0.2, -0.15) is 0 Å². The van der Waals surface area contributed by atoms with Crippen LogP contribution in [0.4, 0.5) is 8.78 Å². The Morgan fingerprint density at radius 1 is 1.04 bits per heavy atom. The summed E-state index contributed by atoms with van der Waals surface area (Å²) in [5, 5.41) is -0.264. The molecule has 1 N–H and O–H groups in total. The van der Waals surface area contributed by atoms with E-state index >= 15 is 0 Å². The third-order valence-electron chi connectivity index (χ3n) is 3.61. The van der Waals surface area contributed by atoms with Crippen LogP contribution in [0.15, 0.2) is 41.3 Å². The molecule has 0 radical (unpaired) electrons. The van der Waals surface area contributed by atoms with Gasteiger partial charge in [0.2, 0.25) is 10.0 Å². The molecule has 2 aromatic carbocycles. The van der Waals surface area contributed by atoms with Gasteiger partial charge >= 0.3 is 0 Å². The van der Waals surface area contributed by atoms with E-state index < -0.39 is 33.8 Å². The molecule has 0 unspecified atom stereocenters. The average molecular weight is 374 g/mol. The summed E-state index contributed by atoms with van der Waals surface area (Å²) in [6.45, 7) is 5.51. The lowest BCUT2D eigenvalue weighted by atomic mass is 9.87. The van der Waals surface area contributed by atoms with Crippen LogP contribution in [0.2, 0.25) is 5.02 Å². The van der Waals surface area contributed by atoms with E-state index in [1.807, 2.05) is 20.8 Å². The normalized spacial score (nSPS) is 12.4. The Bertz CT molecular complexity index is 844. The van der Waals surface area contributed by atoms with Crippen molar-refractivity contribution in [3.05, 3.63) is 64.2 Å². The van der Waals surface area contributed by atoms with Crippen LogP contribution in [0.3, 0.4) is 0 Å². The average Bonchev–Trinajstić information content (AvgIpc) is 2.50. The molecule has 2 aromatic rings. The quantitative estimate of drug-likeness (QED) is 0.808. The van der Waals surface area contributed by atoms with E-state index in [4.69, 9.17) is 11.6 Å². The number of halogens is 3. The van der Waals surface area contributed by atoms with Crippen molar-refractivity contribution >= 4 is 21.6 Å². The lowest BCUT2D eigenvalue weighted by Crippen LogP contribution is -2.24. The summed E-state index contributed by atoms with van der Waals surface area (Å²) >= 11 is 5.59. The van der Waals surface area contributed by atoms with Gasteiger partial charge in [-0.05, 0) is 35.2 Å². The molecular formula is C17H18ClF2NO2S. The van der Waals surface area contributed by atoms with E-state index in [9.17, 15) is 17.2 Å². The third-order valence-corrected chi connectivity index (χ3v) is 5.32. The minimum Gasteiger partial charge on any atom is -0.207 e. The highest BCUT2D eigenvalue weighted by molar-refractivity contribution is 7.89. The molecule has 0 spiro atoms. The zero-order valence-corrected chi connectivity index (χ0v) is 15.1. The molecule has 24 heavy (non-hydrogen) atoms. The van der Waals surface area contributed by atoms with Crippen LogP contribution < -0.4 is 4.72 Å². The minimum atomic E-state index is -3.89. The SMILES string of the molecule is CC(C)(C)c1ccc(S(=O)(=O)NCc2c(F)ccc(Cl)c2F)cc1. The van der Waals surface area contributed by atoms with Crippen LogP contribution >= 0.6 is 11.6 Å². The summed E-state index contributed by atoms with van der Waals surface area (Å²) in [4.78, 5) is 0.0262. The molecule has 3 nitrogen and oxygen atoms in total. The Balaban J connectivity index is 2.22. The number of sulfonamides is 1. The molecule has 2 rings (SSSR count). The summed E-state index contributed by atoms with van der Waals surface area (Å²) in [6.07, 6.45) is 0. The van der Waals surface area contributed by atoms with E-state index in [2.05, 4.69) is 4.72 Å². The van der Waals surface area contributed by atoms with Crippen LogP contribution in [-0.4, -0.2) is 8.42 Å². The van der Waals surface area contributed by atoms with Gasteiger partial charge in [0.1, 0.15) is 11.6 Å². The molecular weight excluding hydrogens is 356 g/mol. The highest BCUT2D eigenvalue weighted by atomic mass is 35.5. The summed E-state index contributed by atoms with van der Waals surface area (Å²) in [7, 11) is -3.89. The maximum Gasteiger partial charge on any atom is 0.240 e. The topological polar surface area (TPSA) is 46.2 Å². The van der Waals surface area contributed by atoms with E-state index in [1.54, 1.807) is 12.1 Å². The van der Waals surface area contributed by atoms with Crippen LogP contribution in [-0.2, 0) is 22.0 Å². The number of hydrogen-bond donors (Lipinski definition) is 1. The number of benzene rings is 2. The van der Waals surface area contributed by atoms with Crippen LogP contribution in [0.5, 0.6) is 0 Å². The van der Waals surface area contributed by atoms with Crippen molar-refractivity contribution in [3.63, 3.8) is 0 Å². The molecule has 0 aliphatic rings. The van der Waals surface area contributed by atoms with Crippen molar-refractivity contribution in [1.82, 2.24) is 4.72 Å². The molecule has 130 valence electrons.